The number of phosphoric acid groups is 1. The first-order valence-electron chi connectivity index (χ1n) is 13.5. The Hall–Kier alpha value is -1.21. The van der Waals surface area contributed by atoms with E-state index in [-0.39, 0.29) is 19.4 Å². The van der Waals surface area contributed by atoms with Crippen LogP contribution in [0.1, 0.15) is 123 Å². The van der Waals surface area contributed by atoms with E-state index in [0.29, 0.717) is 6.42 Å². The Morgan fingerprint density at radius 2 is 1.29 bits per heavy atom. The predicted molar refractivity (Wildman–Crippen MR) is 138 cm³/mol. The van der Waals surface area contributed by atoms with Crippen LogP contribution in [-0.4, -0.2) is 41.0 Å². The zero-order valence-electron chi connectivity index (χ0n) is 22.0. The third-order valence-electron chi connectivity index (χ3n) is 5.55. The van der Waals surface area contributed by atoms with Gasteiger partial charge >= 0.3 is 19.8 Å². The third-order valence-corrected chi connectivity index (χ3v) is 6.03. The molecule has 0 aromatic rings. The van der Waals surface area contributed by atoms with Crippen LogP contribution >= 0.6 is 7.82 Å². The molecule has 2 N–H and O–H groups in total. The van der Waals surface area contributed by atoms with Crippen LogP contribution in [0, 0.1) is 0 Å². The third kappa shape index (κ3) is 25.7. The van der Waals surface area contributed by atoms with Crippen molar-refractivity contribution in [2.75, 3.05) is 13.2 Å². The lowest BCUT2D eigenvalue weighted by atomic mass is 10.1. The smallest absolute Gasteiger partial charge is 0.462 e. The molecule has 0 aromatic carbocycles. The Balaban J connectivity index is 4.10. The van der Waals surface area contributed by atoms with Crippen molar-refractivity contribution in [1.29, 1.82) is 0 Å². The SMILES string of the molecule is CC/C=C/CCCCCCCCCC(=O)O[C@H](COC(=O)CCCCCCCC)COP(=O)(O)O. The maximum absolute atomic E-state index is 12.2. The highest BCUT2D eigenvalue weighted by Gasteiger charge is 2.22. The second kappa shape index (κ2) is 23.2. The fraction of sp³-hybridized carbons (Fsp3) is 0.846. The first-order valence-corrected chi connectivity index (χ1v) is 15.0. The maximum atomic E-state index is 12.2. The number of rotatable bonds is 24. The molecule has 0 heterocycles. The molecular formula is C26H49O8P. The average Bonchev–Trinajstić information content (AvgIpc) is 2.81. The van der Waals surface area contributed by atoms with Gasteiger partial charge in [-0.1, -0.05) is 90.2 Å². The number of carbonyl (C=O) groups is 2. The van der Waals surface area contributed by atoms with E-state index in [0.717, 1.165) is 64.2 Å². The van der Waals surface area contributed by atoms with Crippen molar-refractivity contribution in [3.05, 3.63) is 12.2 Å². The fourth-order valence-electron chi connectivity index (χ4n) is 3.55. The fourth-order valence-corrected chi connectivity index (χ4v) is 3.91. The van der Waals surface area contributed by atoms with Crippen molar-refractivity contribution in [2.45, 2.75) is 129 Å². The van der Waals surface area contributed by atoms with Gasteiger partial charge in [-0.3, -0.25) is 14.1 Å². The number of hydrogen-bond donors (Lipinski definition) is 2. The summed E-state index contributed by atoms with van der Waals surface area (Å²) in [5.41, 5.74) is 0. The molecule has 0 rings (SSSR count). The molecule has 0 aromatic heterocycles. The molecule has 0 radical (unpaired) electrons. The van der Waals surface area contributed by atoms with E-state index in [1.165, 1.54) is 25.7 Å². The van der Waals surface area contributed by atoms with Crippen molar-refractivity contribution >= 4 is 19.8 Å². The molecule has 206 valence electrons. The number of esters is 2. The summed E-state index contributed by atoms with van der Waals surface area (Å²) in [6.07, 6.45) is 19.8. The molecule has 1 atom stereocenters. The first-order chi connectivity index (χ1) is 16.8. The van der Waals surface area contributed by atoms with Crippen molar-refractivity contribution in [2.24, 2.45) is 0 Å². The van der Waals surface area contributed by atoms with E-state index in [1.54, 1.807) is 0 Å². The van der Waals surface area contributed by atoms with Gasteiger partial charge in [-0.05, 0) is 32.1 Å². The number of phosphoric ester groups is 1. The zero-order valence-corrected chi connectivity index (χ0v) is 22.9. The van der Waals surface area contributed by atoms with Crippen LogP contribution in [0.15, 0.2) is 12.2 Å². The van der Waals surface area contributed by atoms with E-state index in [2.05, 4.69) is 30.5 Å². The minimum atomic E-state index is -4.73. The Kier molecular flexibility index (Phi) is 22.4. The normalized spacial score (nSPS) is 12.7. The molecule has 0 spiro atoms. The van der Waals surface area contributed by atoms with Crippen LogP contribution in [0.4, 0.5) is 0 Å². The van der Waals surface area contributed by atoms with Crippen LogP contribution in [0.3, 0.4) is 0 Å². The predicted octanol–water partition coefficient (Wildman–Crippen LogP) is 6.78. The second-order valence-electron chi connectivity index (χ2n) is 8.99. The largest absolute Gasteiger partial charge is 0.469 e. The Labute approximate surface area is 212 Å². The molecule has 0 unspecified atom stereocenters. The van der Waals surface area contributed by atoms with Crippen LogP contribution in [0.2, 0.25) is 0 Å². The highest BCUT2D eigenvalue weighted by molar-refractivity contribution is 7.46. The number of allylic oxidation sites excluding steroid dienone is 2. The van der Waals surface area contributed by atoms with Crippen LogP contribution in [0.5, 0.6) is 0 Å². The van der Waals surface area contributed by atoms with Gasteiger partial charge in [0.15, 0.2) is 6.10 Å². The van der Waals surface area contributed by atoms with Gasteiger partial charge < -0.3 is 19.3 Å². The van der Waals surface area contributed by atoms with Gasteiger partial charge in [0.25, 0.3) is 0 Å². The van der Waals surface area contributed by atoms with Gasteiger partial charge in [-0.25, -0.2) is 4.57 Å². The molecule has 0 aliphatic rings. The number of hydrogen-bond acceptors (Lipinski definition) is 6. The summed E-state index contributed by atoms with van der Waals surface area (Å²) >= 11 is 0. The summed E-state index contributed by atoms with van der Waals surface area (Å²) in [6.45, 7) is 3.46. The Morgan fingerprint density at radius 3 is 1.86 bits per heavy atom. The van der Waals surface area contributed by atoms with Crippen LogP contribution in [0.25, 0.3) is 0 Å². The summed E-state index contributed by atoms with van der Waals surface area (Å²) < 4.78 is 25.9. The van der Waals surface area contributed by atoms with Gasteiger partial charge in [0.2, 0.25) is 0 Å². The molecule has 8 nitrogen and oxygen atoms in total. The topological polar surface area (TPSA) is 119 Å². The lowest BCUT2D eigenvalue weighted by Gasteiger charge is -2.18. The molecule has 0 aliphatic carbocycles. The second-order valence-corrected chi connectivity index (χ2v) is 10.2. The lowest BCUT2D eigenvalue weighted by Crippen LogP contribution is -2.29. The van der Waals surface area contributed by atoms with Crippen molar-refractivity contribution in [3.8, 4) is 0 Å². The monoisotopic (exact) mass is 520 g/mol. The van der Waals surface area contributed by atoms with E-state index in [4.69, 9.17) is 19.3 Å². The van der Waals surface area contributed by atoms with Gasteiger partial charge in [0, 0.05) is 12.8 Å². The van der Waals surface area contributed by atoms with E-state index in [1.807, 2.05) is 0 Å². The summed E-state index contributed by atoms with van der Waals surface area (Å²) in [5.74, 6) is -0.905. The molecule has 9 heteroatoms. The molecule has 0 saturated heterocycles. The van der Waals surface area contributed by atoms with E-state index < -0.39 is 32.5 Å². The van der Waals surface area contributed by atoms with Crippen molar-refractivity contribution in [1.82, 2.24) is 0 Å². The molecule has 35 heavy (non-hydrogen) atoms. The highest BCUT2D eigenvalue weighted by atomic mass is 31.2. The van der Waals surface area contributed by atoms with E-state index >= 15 is 0 Å². The Bertz CT molecular complexity index is 602. The van der Waals surface area contributed by atoms with Gasteiger partial charge in [-0.15, -0.1) is 0 Å². The first kappa shape index (κ1) is 33.8. The molecule has 0 amide bonds. The number of carbonyl (C=O) groups excluding carboxylic acids is 2. The van der Waals surface area contributed by atoms with Gasteiger partial charge in [0.05, 0.1) is 6.61 Å². The molecule has 0 bridgehead atoms. The number of unbranched alkanes of at least 4 members (excludes halogenated alkanes) is 12. The van der Waals surface area contributed by atoms with Crippen LogP contribution < -0.4 is 0 Å². The number of ether oxygens (including phenoxy) is 2. The molecule has 0 aliphatic heterocycles. The average molecular weight is 521 g/mol. The quantitative estimate of drug-likeness (QED) is 0.0619. The summed E-state index contributed by atoms with van der Waals surface area (Å²) in [7, 11) is -4.73. The van der Waals surface area contributed by atoms with Crippen molar-refractivity contribution < 1.29 is 37.9 Å². The zero-order chi connectivity index (χ0) is 26.2. The Morgan fingerprint density at radius 1 is 0.743 bits per heavy atom. The van der Waals surface area contributed by atoms with E-state index in [9.17, 15) is 14.2 Å². The summed E-state index contributed by atoms with van der Waals surface area (Å²) in [6, 6.07) is 0. The highest BCUT2D eigenvalue weighted by Crippen LogP contribution is 2.35. The standard InChI is InChI=1S/C26H49O8P/c1-3-5-7-9-11-12-13-14-15-17-19-21-26(28)34-24(23-33-35(29,30)31)22-32-25(27)20-18-16-10-8-6-4-2/h5,7,24H,3-4,6,8-23H2,1-2H3,(H2,29,30,31)/b7-5+/t24-/m1/s1. The minimum Gasteiger partial charge on any atom is -0.462 e. The van der Waals surface area contributed by atoms with Gasteiger partial charge in [-0.2, -0.15) is 0 Å². The lowest BCUT2D eigenvalue weighted by molar-refractivity contribution is -0.161. The summed E-state index contributed by atoms with van der Waals surface area (Å²) in [5, 5.41) is 0. The maximum Gasteiger partial charge on any atom is 0.469 e. The van der Waals surface area contributed by atoms with Crippen LogP contribution in [-0.2, 0) is 28.2 Å². The molecular weight excluding hydrogens is 471 g/mol. The van der Waals surface area contributed by atoms with Crippen molar-refractivity contribution in [3.63, 3.8) is 0 Å². The summed E-state index contributed by atoms with van der Waals surface area (Å²) in [4.78, 5) is 42.0. The molecule has 0 saturated carbocycles. The molecule has 0 fully saturated rings. The van der Waals surface area contributed by atoms with Gasteiger partial charge in [0.1, 0.15) is 6.61 Å². The minimum absolute atomic E-state index is 0.208.